The molecular formula is C24H22N4O. The molecule has 0 aliphatic heterocycles. The average molecular weight is 382 g/mol. The predicted octanol–water partition coefficient (Wildman–Crippen LogP) is 4.96. The molecule has 29 heavy (non-hydrogen) atoms. The fourth-order valence-electron chi connectivity index (χ4n) is 3.14. The minimum absolute atomic E-state index is 0.0828. The highest BCUT2D eigenvalue weighted by Gasteiger charge is 2.11. The number of hydrogen-bond acceptors (Lipinski definition) is 4. The molecular weight excluding hydrogens is 360 g/mol. The molecule has 5 nitrogen and oxygen atoms in total. The number of aryl methyl sites for hydroxylation is 2. The fraction of sp³-hybridized carbons (Fsp3) is 0.125. The Kier molecular flexibility index (Phi) is 5.20. The molecule has 0 saturated carbocycles. The maximum Gasteiger partial charge on any atom is 0.243 e. The molecule has 0 atom stereocenters. The van der Waals surface area contributed by atoms with Crippen molar-refractivity contribution in [2.24, 2.45) is 0 Å². The van der Waals surface area contributed by atoms with Crippen LogP contribution in [0.25, 0.3) is 22.2 Å². The Labute approximate surface area is 169 Å². The molecule has 0 fully saturated rings. The summed E-state index contributed by atoms with van der Waals surface area (Å²) in [6.07, 6.45) is 0. The quantitative estimate of drug-likeness (QED) is 0.512. The van der Waals surface area contributed by atoms with Gasteiger partial charge in [0.2, 0.25) is 11.9 Å². The summed E-state index contributed by atoms with van der Waals surface area (Å²) >= 11 is 0. The SMILES string of the molecule is Cc1ccc(NC(=O)CNc2nc(-c3ccccc3)c3cc(C)ccc3n2)cc1. The number of aromatic nitrogens is 2. The van der Waals surface area contributed by atoms with Gasteiger partial charge in [-0.25, -0.2) is 9.97 Å². The lowest BCUT2D eigenvalue weighted by Crippen LogP contribution is -2.22. The molecule has 1 aromatic heterocycles. The Morgan fingerprint density at radius 1 is 0.862 bits per heavy atom. The second-order valence-electron chi connectivity index (χ2n) is 7.05. The topological polar surface area (TPSA) is 66.9 Å². The summed E-state index contributed by atoms with van der Waals surface area (Å²) in [6, 6.07) is 23.8. The Balaban J connectivity index is 1.58. The molecule has 0 radical (unpaired) electrons. The third kappa shape index (κ3) is 4.41. The number of carbonyl (C=O) groups excluding carboxylic acids is 1. The van der Waals surface area contributed by atoms with Crippen LogP contribution in [0.1, 0.15) is 11.1 Å². The van der Waals surface area contributed by atoms with Gasteiger partial charge in [0.1, 0.15) is 0 Å². The van der Waals surface area contributed by atoms with E-state index in [-0.39, 0.29) is 12.5 Å². The van der Waals surface area contributed by atoms with Crippen LogP contribution in [0.3, 0.4) is 0 Å². The Morgan fingerprint density at radius 2 is 1.59 bits per heavy atom. The van der Waals surface area contributed by atoms with Crippen molar-refractivity contribution < 1.29 is 4.79 Å². The minimum Gasteiger partial charge on any atom is -0.345 e. The van der Waals surface area contributed by atoms with E-state index in [0.29, 0.717) is 5.95 Å². The lowest BCUT2D eigenvalue weighted by atomic mass is 10.0. The summed E-state index contributed by atoms with van der Waals surface area (Å²) in [7, 11) is 0. The molecule has 0 unspecified atom stereocenters. The average Bonchev–Trinajstić information content (AvgIpc) is 2.74. The summed E-state index contributed by atoms with van der Waals surface area (Å²) in [5.41, 5.74) is 5.76. The number of carbonyl (C=O) groups is 1. The zero-order valence-corrected chi connectivity index (χ0v) is 16.4. The number of benzene rings is 3. The Bertz CT molecular complexity index is 1150. The van der Waals surface area contributed by atoms with Gasteiger partial charge < -0.3 is 10.6 Å². The predicted molar refractivity (Wildman–Crippen MR) is 118 cm³/mol. The van der Waals surface area contributed by atoms with Gasteiger partial charge in [-0.15, -0.1) is 0 Å². The van der Waals surface area contributed by atoms with Crippen molar-refractivity contribution in [3.05, 3.63) is 83.9 Å². The molecule has 4 aromatic rings. The molecule has 1 amide bonds. The zero-order valence-electron chi connectivity index (χ0n) is 16.4. The normalized spacial score (nSPS) is 10.7. The molecule has 144 valence electrons. The highest BCUT2D eigenvalue weighted by molar-refractivity contribution is 5.95. The van der Waals surface area contributed by atoms with Crippen molar-refractivity contribution in [2.45, 2.75) is 13.8 Å². The van der Waals surface area contributed by atoms with Crippen LogP contribution in [0.2, 0.25) is 0 Å². The highest BCUT2D eigenvalue weighted by Crippen LogP contribution is 2.28. The van der Waals surface area contributed by atoms with Gasteiger partial charge in [0, 0.05) is 16.6 Å². The van der Waals surface area contributed by atoms with E-state index in [1.54, 1.807) is 0 Å². The summed E-state index contributed by atoms with van der Waals surface area (Å²) in [5, 5.41) is 6.92. The largest absolute Gasteiger partial charge is 0.345 e. The van der Waals surface area contributed by atoms with Crippen molar-refractivity contribution >= 4 is 28.4 Å². The van der Waals surface area contributed by atoms with E-state index in [0.717, 1.165) is 39.0 Å². The molecule has 1 heterocycles. The lowest BCUT2D eigenvalue weighted by Gasteiger charge is -2.11. The van der Waals surface area contributed by atoms with Crippen LogP contribution in [0, 0.1) is 13.8 Å². The third-order valence-corrected chi connectivity index (χ3v) is 4.64. The van der Waals surface area contributed by atoms with Crippen molar-refractivity contribution in [3.63, 3.8) is 0 Å². The number of anilines is 2. The molecule has 0 aliphatic rings. The van der Waals surface area contributed by atoms with Gasteiger partial charge in [-0.1, -0.05) is 59.7 Å². The molecule has 0 spiro atoms. The number of fused-ring (bicyclic) bond motifs is 1. The first-order valence-electron chi connectivity index (χ1n) is 9.53. The fourth-order valence-corrected chi connectivity index (χ4v) is 3.14. The first-order valence-corrected chi connectivity index (χ1v) is 9.53. The highest BCUT2D eigenvalue weighted by atomic mass is 16.1. The second kappa shape index (κ2) is 8.10. The molecule has 0 bridgehead atoms. The van der Waals surface area contributed by atoms with Gasteiger partial charge in [-0.3, -0.25) is 4.79 Å². The number of hydrogen-bond donors (Lipinski definition) is 2. The first kappa shape index (κ1) is 18.6. The summed E-state index contributed by atoms with van der Waals surface area (Å²) in [4.78, 5) is 21.6. The van der Waals surface area contributed by atoms with E-state index in [1.807, 2.05) is 73.7 Å². The summed E-state index contributed by atoms with van der Waals surface area (Å²) in [6.45, 7) is 4.14. The first-order chi connectivity index (χ1) is 14.1. The van der Waals surface area contributed by atoms with Crippen LogP contribution in [0.4, 0.5) is 11.6 Å². The van der Waals surface area contributed by atoms with Crippen LogP contribution >= 0.6 is 0 Å². The van der Waals surface area contributed by atoms with Crippen LogP contribution in [-0.4, -0.2) is 22.4 Å². The van der Waals surface area contributed by atoms with E-state index in [2.05, 4.69) is 28.6 Å². The molecule has 0 saturated heterocycles. The smallest absolute Gasteiger partial charge is 0.243 e. The van der Waals surface area contributed by atoms with Gasteiger partial charge in [0.25, 0.3) is 0 Å². The van der Waals surface area contributed by atoms with Crippen molar-refractivity contribution in [1.29, 1.82) is 0 Å². The van der Waals surface area contributed by atoms with Crippen LogP contribution in [0.5, 0.6) is 0 Å². The maximum atomic E-state index is 12.3. The van der Waals surface area contributed by atoms with E-state index >= 15 is 0 Å². The van der Waals surface area contributed by atoms with Crippen LogP contribution in [0.15, 0.2) is 72.8 Å². The molecule has 0 aliphatic carbocycles. The lowest BCUT2D eigenvalue weighted by molar-refractivity contribution is -0.114. The van der Waals surface area contributed by atoms with Gasteiger partial charge in [-0.05, 0) is 38.1 Å². The van der Waals surface area contributed by atoms with Crippen molar-refractivity contribution in [3.8, 4) is 11.3 Å². The number of nitrogens with zero attached hydrogens (tertiary/aromatic N) is 2. The molecule has 3 aromatic carbocycles. The maximum absolute atomic E-state index is 12.3. The molecule has 5 heteroatoms. The van der Waals surface area contributed by atoms with E-state index in [1.165, 1.54) is 0 Å². The Morgan fingerprint density at radius 3 is 2.34 bits per heavy atom. The summed E-state index contributed by atoms with van der Waals surface area (Å²) < 4.78 is 0. The standard InChI is InChI=1S/C24H22N4O/c1-16-8-11-19(12-9-16)26-22(29)15-25-24-27-21-13-10-17(2)14-20(21)23(28-24)18-6-4-3-5-7-18/h3-14H,15H2,1-2H3,(H,26,29)(H,25,27,28). The number of rotatable bonds is 5. The third-order valence-electron chi connectivity index (χ3n) is 4.64. The van der Waals surface area contributed by atoms with Gasteiger partial charge in [-0.2, -0.15) is 0 Å². The number of nitrogens with one attached hydrogen (secondary N) is 2. The zero-order chi connectivity index (χ0) is 20.2. The van der Waals surface area contributed by atoms with Crippen LogP contribution in [-0.2, 0) is 4.79 Å². The van der Waals surface area contributed by atoms with Gasteiger partial charge >= 0.3 is 0 Å². The van der Waals surface area contributed by atoms with Crippen LogP contribution < -0.4 is 10.6 Å². The van der Waals surface area contributed by atoms with Gasteiger partial charge in [0.05, 0.1) is 17.8 Å². The monoisotopic (exact) mass is 382 g/mol. The summed E-state index contributed by atoms with van der Waals surface area (Å²) in [5.74, 6) is 0.280. The minimum atomic E-state index is -0.150. The molecule has 4 rings (SSSR count). The second-order valence-corrected chi connectivity index (χ2v) is 7.05. The number of amides is 1. The molecule has 2 N–H and O–H groups in total. The van der Waals surface area contributed by atoms with Crippen molar-refractivity contribution in [1.82, 2.24) is 9.97 Å². The Hall–Kier alpha value is -3.73. The van der Waals surface area contributed by atoms with Gasteiger partial charge in [0.15, 0.2) is 0 Å². The van der Waals surface area contributed by atoms with E-state index < -0.39 is 0 Å². The van der Waals surface area contributed by atoms with E-state index in [9.17, 15) is 4.79 Å². The van der Waals surface area contributed by atoms with Crippen molar-refractivity contribution in [2.75, 3.05) is 17.2 Å². The van der Waals surface area contributed by atoms with E-state index in [4.69, 9.17) is 4.98 Å².